The molecule has 0 radical (unpaired) electrons. The van der Waals surface area contributed by atoms with Gasteiger partial charge in [0.2, 0.25) is 11.9 Å². The number of hydrogen-bond donors (Lipinski definition) is 1. The lowest BCUT2D eigenvalue weighted by atomic mass is 9.99. The van der Waals surface area contributed by atoms with Crippen molar-refractivity contribution >= 4 is 22.9 Å². The van der Waals surface area contributed by atoms with Gasteiger partial charge in [-0.1, -0.05) is 12.1 Å². The Kier molecular flexibility index (Phi) is 3.44. The van der Waals surface area contributed by atoms with Crippen LogP contribution in [0.3, 0.4) is 0 Å². The van der Waals surface area contributed by atoms with Crippen LogP contribution in [-0.2, 0) is 0 Å². The first-order valence-electron chi connectivity index (χ1n) is 7.05. The molecule has 5 nitrogen and oxygen atoms in total. The second kappa shape index (κ2) is 5.25. The molecular weight excluding hydrogens is 254 g/mol. The Morgan fingerprint density at radius 3 is 3.00 bits per heavy atom. The summed E-state index contributed by atoms with van der Waals surface area (Å²) in [6, 6.07) is 7.68. The molecule has 0 bridgehead atoms. The predicted octanol–water partition coefficient (Wildman–Crippen LogP) is 1.91. The molecule has 1 aromatic heterocycles. The summed E-state index contributed by atoms with van der Waals surface area (Å²) in [6.07, 6.45) is 2.06. The van der Waals surface area contributed by atoms with Crippen molar-refractivity contribution in [3.8, 4) is 0 Å². The minimum Gasteiger partial charge on any atom is -0.396 e. The van der Waals surface area contributed by atoms with Crippen LogP contribution in [0, 0.1) is 5.92 Å². The van der Waals surface area contributed by atoms with Gasteiger partial charge in [-0.15, -0.1) is 0 Å². The highest BCUT2D eigenvalue weighted by molar-refractivity contribution is 5.92. The maximum atomic E-state index is 12.0. The van der Waals surface area contributed by atoms with Crippen molar-refractivity contribution in [2.75, 3.05) is 24.6 Å². The zero-order valence-corrected chi connectivity index (χ0v) is 11.6. The van der Waals surface area contributed by atoms with Gasteiger partial charge < -0.3 is 10.0 Å². The molecule has 5 heteroatoms. The second-order valence-electron chi connectivity index (χ2n) is 5.39. The van der Waals surface area contributed by atoms with E-state index in [2.05, 4.69) is 9.88 Å². The van der Waals surface area contributed by atoms with Gasteiger partial charge in [-0.3, -0.25) is 4.79 Å². The van der Waals surface area contributed by atoms with Crippen LogP contribution in [0.25, 0.3) is 11.0 Å². The average molecular weight is 273 g/mol. The van der Waals surface area contributed by atoms with Gasteiger partial charge in [0.1, 0.15) is 0 Å². The van der Waals surface area contributed by atoms with Crippen LogP contribution in [0.2, 0.25) is 0 Å². The molecule has 1 aliphatic heterocycles. The van der Waals surface area contributed by atoms with Crippen LogP contribution >= 0.6 is 0 Å². The molecule has 1 fully saturated rings. The molecule has 3 rings (SSSR count). The number of para-hydroxylation sites is 2. The molecule has 1 N–H and O–H groups in total. The van der Waals surface area contributed by atoms with Gasteiger partial charge in [-0.25, -0.2) is 9.55 Å². The molecule has 0 spiro atoms. The van der Waals surface area contributed by atoms with Crippen molar-refractivity contribution < 1.29 is 9.90 Å². The van der Waals surface area contributed by atoms with E-state index < -0.39 is 0 Å². The smallest absolute Gasteiger partial charge is 0.230 e. The van der Waals surface area contributed by atoms with Crippen molar-refractivity contribution in [2.24, 2.45) is 5.92 Å². The number of anilines is 1. The van der Waals surface area contributed by atoms with E-state index in [1.165, 1.54) is 0 Å². The van der Waals surface area contributed by atoms with Crippen LogP contribution in [0.15, 0.2) is 24.3 Å². The van der Waals surface area contributed by atoms with Crippen LogP contribution in [0.5, 0.6) is 0 Å². The molecule has 1 unspecified atom stereocenters. The standard InChI is InChI=1S/C15H19N3O2/c1-11(20)18-14-7-3-2-6-13(14)16-15(18)17-8-4-5-12(9-17)10-19/h2-3,6-7,12,19H,4-5,8-10H2,1H3. The first-order chi connectivity index (χ1) is 9.70. The molecule has 1 atom stereocenters. The Hall–Kier alpha value is -1.88. The molecule has 106 valence electrons. The Balaban J connectivity index is 2.06. The molecule has 0 aliphatic carbocycles. The predicted molar refractivity (Wildman–Crippen MR) is 78.1 cm³/mol. The minimum absolute atomic E-state index is 0.0279. The lowest BCUT2D eigenvalue weighted by Gasteiger charge is -2.32. The first kappa shape index (κ1) is 13.1. The monoisotopic (exact) mass is 273 g/mol. The number of aromatic nitrogens is 2. The van der Waals surface area contributed by atoms with E-state index >= 15 is 0 Å². The molecule has 0 saturated carbocycles. The summed E-state index contributed by atoms with van der Waals surface area (Å²) in [5.74, 6) is 0.945. The zero-order valence-electron chi connectivity index (χ0n) is 11.6. The van der Waals surface area contributed by atoms with Gasteiger partial charge in [0, 0.05) is 26.6 Å². The molecule has 20 heavy (non-hydrogen) atoms. The Labute approximate surface area is 117 Å². The lowest BCUT2D eigenvalue weighted by molar-refractivity contribution is 0.0942. The topological polar surface area (TPSA) is 58.4 Å². The highest BCUT2D eigenvalue weighted by Gasteiger charge is 2.25. The fourth-order valence-corrected chi connectivity index (χ4v) is 2.93. The van der Waals surface area contributed by atoms with Gasteiger partial charge in [-0.2, -0.15) is 0 Å². The minimum atomic E-state index is -0.0279. The number of fused-ring (bicyclic) bond motifs is 1. The molecule has 1 aliphatic rings. The molecular formula is C15H19N3O2. The van der Waals surface area contributed by atoms with E-state index in [0.29, 0.717) is 5.95 Å². The quantitative estimate of drug-likeness (QED) is 0.908. The molecule has 1 saturated heterocycles. The molecule has 2 heterocycles. The number of rotatable bonds is 2. The third-order valence-electron chi connectivity index (χ3n) is 3.92. The van der Waals surface area contributed by atoms with Gasteiger partial charge in [0.15, 0.2) is 0 Å². The highest BCUT2D eigenvalue weighted by Crippen LogP contribution is 2.26. The Morgan fingerprint density at radius 1 is 1.45 bits per heavy atom. The van der Waals surface area contributed by atoms with E-state index in [1.807, 2.05) is 24.3 Å². The lowest BCUT2D eigenvalue weighted by Crippen LogP contribution is -2.38. The molecule has 0 amide bonds. The first-order valence-corrected chi connectivity index (χ1v) is 7.05. The van der Waals surface area contributed by atoms with Gasteiger partial charge in [0.05, 0.1) is 11.0 Å². The third kappa shape index (κ3) is 2.18. The number of nitrogens with zero attached hydrogens (tertiary/aromatic N) is 3. The van der Waals surface area contributed by atoms with E-state index in [1.54, 1.807) is 11.5 Å². The summed E-state index contributed by atoms with van der Waals surface area (Å²) in [5.41, 5.74) is 1.69. The molecule has 2 aromatic rings. The van der Waals surface area contributed by atoms with E-state index in [0.717, 1.165) is 37.0 Å². The van der Waals surface area contributed by atoms with E-state index in [-0.39, 0.29) is 18.4 Å². The van der Waals surface area contributed by atoms with Gasteiger partial charge in [-0.05, 0) is 30.9 Å². The summed E-state index contributed by atoms with van der Waals surface area (Å²) in [5, 5.41) is 9.35. The van der Waals surface area contributed by atoms with Crippen molar-refractivity contribution in [3.63, 3.8) is 0 Å². The summed E-state index contributed by atoms with van der Waals surface area (Å²) >= 11 is 0. The van der Waals surface area contributed by atoms with E-state index in [4.69, 9.17) is 0 Å². The highest BCUT2D eigenvalue weighted by atomic mass is 16.3. The van der Waals surface area contributed by atoms with Crippen molar-refractivity contribution in [1.82, 2.24) is 9.55 Å². The molecule has 1 aromatic carbocycles. The van der Waals surface area contributed by atoms with Crippen LogP contribution < -0.4 is 4.90 Å². The number of imidazole rings is 1. The Morgan fingerprint density at radius 2 is 2.25 bits per heavy atom. The number of benzene rings is 1. The fraction of sp³-hybridized carbons (Fsp3) is 0.467. The van der Waals surface area contributed by atoms with Gasteiger partial charge >= 0.3 is 0 Å². The van der Waals surface area contributed by atoms with Crippen LogP contribution in [0.1, 0.15) is 24.6 Å². The van der Waals surface area contributed by atoms with Crippen molar-refractivity contribution in [1.29, 1.82) is 0 Å². The SMILES string of the molecule is CC(=O)n1c(N2CCCC(CO)C2)nc2ccccc21. The average Bonchev–Trinajstić information content (AvgIpc) is 2.87. The van der Waals surface area contributed by atoms with Crippen LogP contribution in [0.4, 0.5) is 5.95 Å². The maximum absolute atomic E-state index is 12.0. The largest absolute Gasteiger partial charge is 0.396 e. The zero-order chi connectivity index (χ0) is 14.1. The summed E-state index contributed by atoms with van der Waals surface area (Å²) < 4.78 is 1.68. The summed E-state index contributed by atoms with van der Waals surface area (Å²) in [6.45, 7) is 3.39. The van der Waals surface area contributed by atoms with Crippen molar-refractivity contribution in [2.45, 2.75) is 19.8 Å². The normalized spacial score (nSPS) is 19.5. The Bertz CT molecular complexity index is 635. The number of hydrogen-bond acceptors (Lipinski definition) is 4. The van der Waals surface area contributed by atoms with Crippen molar-refractivity contribution in [3.05, 3.63) is 24.3 Å². The number of piperidine rings is 1. The van der Waals surface area contributed by atoms with Crippen LogP contribution in [-0.4, -0.2) is 40.3 Å². The number of aliphatic hydroxyl groups excluding tert-OH is 1. The number of carbonyl (C=O) groups is 1. The van der Waals surface area contributed by atoms with Gasteiger partial charge in [0.25, 0.3) is 0 Å². The fourth-order valence-electron chi connectivity index (χ4n) is 2.93. The second-order valence-corrected chi connectivity index (χ2v) is 5.39. The summed E-state index contributed by atoms with van der Waals surface area (Å²) in [7, 11) is 0. The summed E-state index contributed by atoms with van der Waals surface area (Å²) in [4.78, 5) is 18.7. The van der Waals surface area contributed by atoms with E-state index in [9.17, 15) is 9.90 Å². The number of aliphatic hydroxyl groups is 1. The third-order valence-corrected chi connectivity index (χ3v) is 3.92. The number of carbonyl (C=O) groups excluding carboxylic acids is 1. The maximum Gasteiger partial charge on any atom is 0.230 e.